The molecule has 1 spiro atoms. The Labute approximate surface area is 149 Å². The number of piperidine rings is 1. The van der Waals surface area contributed by atoms with Crippen LogP contribution in [0.3, 0.4) is 0 Å². The van der Waals surface area contributed by atoms with Crippen LogP contribution in [-0.4, -0.2) is 29.9 Å². The molecule has 0 saturated carbocycles. The first-order valence-corrected chi connectivity index (χ1v) is 9.09. The van der Waals surface area contributed by atoms with Crippen molar-refractivity contribution in [3.63, 3.8) is 0 Å². The third kappa shape index (κ3) is 2.95. The largest absolute Gasteiger partial charge is 0.369 e. The predicted octanol–water partition coefficient (Wildman–Crippen LogP) is 3.97. The molecule has 25 heavy (non-hydrogen) atoms. The van der Waals surface area contributed by atoms with Crippen molar-refractivity contribution in [3.05, 3.63) is 65.9 Å². The summed E-state index contributed by atoms with van der Waals surface area (Å²) in [7, 11) is 0. The van der Waals surface area contributed by atoms with E-state index in [1.165, 1.54) is 11.1 Å². The van der Waals surface area contributed by atoms with Gasteiger partial charge in [-0.05, 0) is 49.4 Å². The van der Waals surface area contributed by atoms with Crippen LogP contribution in [0.15, 0.2) is 49.1 Å². The van der Waals surface area contributed by atoms with Gasteiger partial charge in [0.1, 0.15) is 0 Å². The molecule has 4 nitrogen and oxygen atoms in total. The summed E-state index contributed by atoms with van der Waals surface area (Å²) in [6, 6.07) is 12.9. The van der Waals surface area contributed by atoms with Gasteiger partial charge in [-0.15, -0.1) is 11.7 Å². The second-order valence-electron chi connectivity index (χ2n) is 7.20. The number of ether oxygens (including phenoxy) is 1. The minimum atomic E-state index is 0.194. The molecule has 0 radical (unpaired) electrons. The molecule has 1 saturated heterocycles. The Morgan fingerprint density at radius 1 is 1.20 bits per heavy atom. The van der Waals surface area contributed by atoms with Gasteiger partial charge in [0.05, 0.1) is 18.4 Å². The van der Waals surface area contributed by atoms with Gasteiger partial charge in [0.25, 0.3) is 0 Å². The molecular formula is C21H25N3O. The summed E-state index contributed by atoms with van der Waals surface area (Å²) >= 11 is 0. The number of aromatic nitrogens is 2. The quantitative estimate of drug-likeness (QED) is 0.793. The SMILES string of the molecule is C=CCO[C@@H]1CC2(CCN(c3ccc(C)nn3)CC2)c2ccccc21. The standard InChI is InChI=1S/C21H25N3O/c1-3-14-25-19-15-21(18-7-5-4-6-17(18)19)10-12-24(13-11-21)20-9-8-16(2)22-23-20/h3-9,19H,1,10-15H2,2H3/t19-/m1/s1. The fourth-order valence-electron chi connectivity index (χ4n) is 4.37. The van der Waals surface area contributed by atoms with E-state index >= 15 is 0 Å². The molecule has 1 fully saturated rings. The maximum atomic E-state index is 6.08. The van der Waals surface area contributed by atoms with Crippen molar-refractivity contribution >= 4 is 5.82 Å². The molecule has 2 heterocycles. The lowest BCUT2D eigenvalue weighted by atomic mass is 9.74. The van der Waals surface area contributed by atoms with Gasteiger partial charge in [0, 0.05) is 18.5 Å². The molecule has 4 rings (SSSR count). The molecule has 1 aromatic heterocycles. The van der Waals surface area contributed by atoms with Crippen LogP contribution in [0.2, 0.25) is 0 Å². The maximum absolute atomic E-state index is 6.08. The highest BCUT2D eigenvalue weighted by Gasteiger charge is 2.45. The second kappa shape index (κ2) is 6.60. The Balaban J connectivity index is 1.54. The van der Waals surface area contributed by atoms with Gasteiger partial charge < -0.3 is 9.64 Å². The van der Waals surface area contributed by atoms with Gasteiger partial charge in [-0.2, -0.15) is 5.10 Å². The van der Waals surface area contributed by atoms with Crippen LogP contribution in [0.5, 0.6) is 0 Å². The molecule has 1 atom stereocenters. The lowest BCUT2D eigenvalue weighted by Crippen LogP contribution is -2.42. The summed E-state index contributed by atoms with van der Waals surface area (Å²) in [6.07, 6.45) is 5.38. The van der Waals surface area contributed by atoms with E-state index in [2.05, 4.69) is 52.0 Å². The van der Waals surface area contributed by atoms with E-state index in [-0.39, 0.29) is 11.5 Å². The highest BCUT2D eigenvalue weighted by atomic mass is 16.5. The average Bonchev–Trinajstić information content (AvgIpc) is 2.95. The van der Waals surface area contributed by atoms with Crippen molar-refractivity contribution in [1.29, 1.82) is 0 Å². The van der Waals surface area contributed by atoms with Crippen molar-refractivity contribution < 1.29 is 4.74 Å². The zero-order chi connectivity index (χ0) is 17.3. The predicted molar refractivity (Wildman–Crippen MR) is 99.8 cm³/mol. The summed E-state index contributed by atoms with van der Waals surface area (Å²) in [5.74, 6) is 0.992. The third-order valence-electron chi connectivity index (χ3n) is 5.70. The number of aryl methyl sites for hydroxylation is 1. The first-order chi connectivity index (χ1) is 12.2. The van der Waals surface area contributed by atoms with Gasteiger partial charge in [0.2, 0.25) is 0 Å². The van der Waals surface area contributed by atoms with Gasteiger partial charge in [-0.25, -0.2) is 0 Å². The fraction of sp³-hybridized carbons (Fsp3) is 0.429. The normalized spacial score (nSPS) is 21.3. The molecule has 0 unspecified atom stereocenters. The molecule has 2 aromatic rings. The highest BCUT2D eigenvalue weighted by Crippen LogP contribution is 2.52. The van der Waals surface area contributed by atoms with Crippen LogP contribution >= 0.6 is 0 Å². The number of fused-ring (bicyclic) bond motifs is 2. The minimum Gasteiger partial charge on any atom is -0.369 e. The summed E-state index contributed by atoms with van der Waals surface area (Å²) in [5.41, 5.74) is 4.05. The molecule has 130 valence electrons. The lowest BCUT2D eigenvalue weighted by Gasteiger charge is -2.40. The highest BCUT2D eigenvalue weighted by molar-refractivity contribution is 5.45. The summed E-state index contributed by atoms with van der Waals surface area (Å²) in [5, 5.41) is 8.56. The molecular weight excluding hydrogens is 310 g/mol. The topological polar surface area (TPSA) is 38.2 Å². The van der Waals surface area contributed by atoms with Crippen molar-refractivity contribution in [2.75, 3.05) is 24.6 Å². The Morgan fingerprint density at radius 3 is 2.72 bits per heavy atom. The Morgan fingerprint density at radius 2 is 2.00 bits per heavy atom. The smallest absolute Gasteiger partial charge is 0.151 e. The van der Waals surface area contributed by atoms with Crippen LogP contribution in [-0.2, 0) is 10.2 Å². The number of nitrogens with zero attached hydrogens (tertiary/aromatic N) is 3. The van der Waals surface area contributed by atoms with E-state index in [0.717, 1.165) is 43.9 Å². The van der Waals surface area contributed by atoms with Crippen molar-refractivity contribution in [3.8, 4) is 0 Å². The van der Waals surface area contributed by atoms with Crippen LogP contribution in [0.1, 0.15) is 42.2 Å². The molecule has 0 bridgehead atoms. The van der Waals surface area contributed by atoms with E-state index in [1.807, 2.05) is 19.1 Å². The number of hydrogen-bond acceptors (Lipinski definition) is 4. The zero-order valence-electron chi connectivity index (χ0n) is 14.8. The molecule has 0 amide bonds. The van der Waals surface area contributed by atoms with E-state index in [1.54, 1.807) is 0 Å². The van der Waals surface area contributed by atoms with Crippen LogP contribution in [0, 0.1) is 6.92 Å². The Bertz CT molecular complexity index is 748. The molecule has 1 aromatic carbocycles. The fourth-order valence-corrected chi connectivity index (χ4v) is 4.37. The van der Waals surface area contributed by atoms with Crippen molar-refractivity contribution in [2.45, 2.75) is 37.7 Å². The van der Waals surface area contributed by atoms with Crippen molar-refractivity contribution in [2.24, 2.45) is 0 Å². The van der Waals surface area contributed by atoms with Gasteiger partial charge in [-0.3, -0.25) is 0 Å². The van der Waals surface area contributed by atoms with E-state index < -0.39 is 0 Å². The molecule has 4 heteroatoms. The number of anilines is 1. The van der Waals surface area contributed by atoms with E-state index in [0.29, 0.717) is 6.61 Å². The van der Waals surface area contributed by atoms with Crippen LogP contribution in [0.4, 0.5) is 5.82 Å². The van der Waals surface area contributed by atoms with Crippen LogP contribution in [0.25, 0.3) is 0 Å². The molecule has 1 aliphatic heterocycles. The van der Waals surface area contributed by atoms with E-state index in [4.69, 9.17) is 4.74 Å². The first-order valence-electron chi connectivity index (χ1n) is 9.09. The molecule has 2 aliphatic rings. The zero-order valence-corrected chi connectivity index (χ0v) is 14.8. The number of hydrogen-bond donors (Lipinski definition) is 0. The first kappa shape index (κ1) is 16.3. The molecule has 0 N–H and O–H groups in total. The lowest BCUT2D eigenvalue weighted by molar-refractivity contribution is 0.0586. The number of benzene rings is 1. The Hall–Kier alpha value is -2.20. The van der Waals surface area contributed by atoms with Crippen LogP contribution < -0.4 is 4.90 Å². The van der Waals surface area contributed by atoms with E-state index in [9.17, 15) is 0 Å². The number of rotatable bonds is 4. The van der Waals surface area contributed by atoms with Crippen molar-refractivity contribution in [1.82, 2.24) is 10.2 Å². The third-order valence-corrected chi connectivity index (χ3v) is 5.70. The minimum absolute atomic E-state index is 0.194. The van der Waals surface area contributed by atoms with Gasteiger partial charge in [0.15, 0.2) is 5.82 Å². The molecule has 1 aliphatic carbocycles. The van der Waals surface area contributed by atoms with Gasteiger partial charge in [-0.1, -0.05) is 30.3 Å². The Kier molecular flexibility index (Phi) is 4.30. The monoisotopic (exact) mass is 335 g/mol. The summed E-state index contributed by atoms with van der Waals surface area (Å²) in [6.45, 7) is 8.40. The summed E-state index contributed by atoms with van der Waals surface area (Å²) in [4.78, 5) is 2.36. The maximum Gasteiger partial charge on any atom is 0.151 e. The van der Waals surface area contributed by atoms with Gasteiger partial charge >= 0.3 is 0 Å². The average molecular weight is 335 g/mol. The summed E-state index contributed by atoms with van der Waals surface area (Å²) < 4.78 is 6.08. The second-order valence-corrected chi connectivity index (χ2v) is 7.20.